The molecule has 3 aliphatic rings. The average molecular weight is 584 g/mol. The maximum Gasteiger partial charge on any atom is 0.254 e. The van der Waals surface area contributed by atoms with Crippen molar-refractivity contribution in [2.75, 3.05) is 39.8 Å². The van der Waals surface area contributed by atoms with E-state index in [9.17, 15) is 14.4 Å². The molecule has 0 spiro atoms. The van der Waals surface area contributed by atoms with Gasteiger partial charge in [0.2, 0.25) is 5.91 Å². The summed E-state index contributed by atoms with van der Waals surface area (Å²) < 4.78 is 12.6. The van der Waals surface area contributed by atoms with Crippen LogP contribution in [0.2, 0.25) is 0 Å². The Morgan fingerprint density at radius 2 is 1.79 bits per heavy atom. The van der Waals surface area contributed by atoms with E-state index >= 15 is 0 Å². The van der Waals surface area contributed by atoms with Crippen molar-refractivity contribution in [2.24, 2.45) is 0 Å². The number of likely N-dealkylation sites (tertiary alicyclic amines) is 2. The number of nitrogens with one attached hydrogen (secondary N) is 1. The Morgan fingerprint density at radius 3 is 2.58 bits per heavy atom. The van der Waals surface area contributed by atoms with E-state index in [2.05, 4.69) is 15.2 Å². The van der Waals surface area contributed by atoms with E-state index in [1.165, 1.54) is 4.90 Å². The highest BCUT2D eigenvalue weighted by molar-refractivity contribution is 5.97. The maximum absolute atomic E-state index is 13.2. The Bertz CT molecular complexity index is 1490. The highest BCUT2D eigenvalue weighted by Crippen LogP contribution is 2.29. The Hall–Kier alpha value is -4.28. The third kappa shape index (κ3) is 6.55. The Morgan fingerprint density at radius 1 is 1.00 bits per heavy atom. The summed E-state index contributed by atoms with van der Waals surface area (Å²) in [5.74, 6) is 0.805. The molecule has 2 fully saturated rings. The number of hydrogen-bond acceptors (Lipinski definition) is 7. The molecule has 2 atom stereocenters. The van der Waals surface area contributed by atoms with E-state index in [0.29, 0.717) is 55.4 Å². The molecule has 2 saturated heterocycles. The first-order chi connectivity index (χ1) is 20.8. The molecule has 0 saturated carbocycles. The third-order valence-electron chi connectivity index (χ3n) is 8.59. The van der Waals surface area contributed by atoms with Gasteiger partial charge in [-0.1, -0.05) is 18.2 Å². The number of nitrogens with zero attached hydrogens (tertiary/aromatic N) is 4. The molecule has 3 amide bonds. The van der Waals surface area contributed by atoms with Gasteiger partial charge in [0.25, 0.3) is 11.8 Å². The fraction of sp³-hybridized carbons (Fsp3) is 0.394. The summed E-state index contributed by atoms with van der Waals surface area (Å²) >= 11 is 0. The Labute approximate surface area is 251 Å². The number of rotatable bonds is 2. The van der Waals surface area contributed by atoms with Crippen LogP contribution in [-0.4, -0.2) is 95.4 Å². The zero-order chi connectivity index (χ0) is 29.9. The number of carbonyl (C=O) groups is 3. The zero-order valence-electron chi connectivity index (χ0n) is 24.6. The van der Waals surface area contributed by atoms with Gasteiger partial charge >= 0.3 is 0 Å². The number of likely N-dealkylation sites (N-methyl/N-ethyl adjacent to an activating group) is 1. The van der Waals surface area contributed by atoms with Gasteiger partial charge in [0.1, 0.15) is 11.5 Å². The molecule has 10 heteroatoms. The fourth-order valence-electron chi connectivity index (χ4n) is 6.15. The predicted octanol–water partition coefficient (Wildman–Crippen LogP) is 3.26. The molecule has 3 aromatic rings. The van der Waals surface area contributed by atoms with E-state index in [1.54, 1.807) is 43.7 Å². The van der Waals surface area contributed by atoms with Crippen LogP contribution in [0.25, 0.3) is 0 Å². The second kappa shape index (κ2) is 12.5. The van der Waals surface area contributed by atoms with Gasteiger partial charge in [0.15, 0.2) is 0 Å². The SMILES string of the molecule is Cc1ccc2cc1Oc1cccc(c1)CO[C@H]1CN(C3CCN(C(=O)c4ccncc4)CC3)C[C@@H]1NC(=O)CN(C)C2=O. The molecule has 6 rings (SSSR count). The van der Waals surface area contributed by atoms with Crippen LogP contribution in [0.1, 0.15) is 44.7 Å². The standard InChI is InChI=1S/C33H37N5O5/c1-22-6-7-25-17-29(22)43-27-5-3-4-23(16-27)21-42-30-19-38(18-28(30)35-31(39)20-36(2)32(25)40)26-10-14-37(15-11-26)33(41)24-8-12-34-13-9-24/h3-9,12-13,16-17,26,28,30H,10-11,14-15,18-21H2,1-2H3,(H,35,39)/t28-,30-/m0/s1. The summed E-state index contributed by atoms with van der Waals surface area (Å²) in [6, 6.07) is 16.6. The second-order valence-electron chi connectivity index (χ2n) is 11.6. The summed E-state index contributed by atoms with van der Waals surface area (Å²) in [4.78, 5) is 49.0. The molecule has 224 valence electrons. The van der Waals surface area contributed by atoms with Gasteiger partial charge < -0.3 is 24.6 Å². The summed E-state index contributed by atoms with van der Waals surface area (Å²) in [6.45, 7) is 4.89. The van der Waals surface area contributed by atoms with Crippen molar-refractivity contribution in [3.63, 3.8) is 0 Å². The van der Waals surface area contributed by atoms with Crippen LogP contribution in [0.5, 0.6) is 11.5 Å². The molecule has 0 aliphatic carbocycles. The lowest BCUT2D eigenvalue weighted by molar-refractivity contribution is -0.123. The average Bonchev–Trinajstić information content (AvgIpc) is 3.42. The van der Waals surface area contributed by atoms with Crippen LogP contribution in [0, 0.1) is 6.92 Å². The topological polar surface area (TPSA) is 104 Å². The van der Waals surface area contributed by atoms with Gasteiger partial charge in [-0.3, -0.25) is 24.3 Å². The van der Waals surface area contributed by atoms with Crippen molar-refractivity contribution < 1.29 is 23.9 Å². The molecule has 2 aromatic carbocycles. The molecule has 10 nitrogen and oxygen atoms in total. The predicted molar refractivity (Wildman–Crippen MR) is 160 cm³/mol. The van der Waals surface area contributed by atoms with E-state index in [0.717, 1.165) is 24.0 Å². The number of amides is 3. The molecule has 0 unspecified atom stereocenters. The number of hydrogen-bond donors (Lipinski definition) is 1. The summed E-state index contributed by atoms with van der Waals surface area (Å²) in [5, 5.41) is 3.16. The largest absolute Gasteiger partial charge is 0.457 e. The minimum absolute atomic E-state index is 0.0316. The summed E-state index contributed by atoms with van der Waals surface area (Å²) in [5.41, 5.74) is 2.98. The van der Waals surface area contributed by atoms with E-state index in [-0.39, 0.29) is 42.5 Å². The number of benzene rings is 2. The molecule has 43 heavy (non-hydrogen) atoms. The van der Waals surface area contributed by atoms with Crippen molar-refractivity contribution in [3.05, 3.63) is 89.2 Å². The van der Waals surface area contributed by atoms with E-state index < -0.39 is 0 Å². The number of piperidine rings is 1. The van der Waals surface area contributed by atoms with Crippen molar-refractivity contribution in [1.29, 1.82) is 0 Å². The normalized spacial score (nSPS) is 22.1. The fourth-order valence-corrected chi connectivity index (χ4v) is 6.15. The monoisotopic (exact) mass is 583 g/mol. The van der Waals surface area contributed by atoms with Crippen LogP contribution in [-0.2, 0) is 16.1 Å². The van der Waals surface area contributed by atoms with Crippen molar-refractivity contribution in [3.8, 4) is 11.5 Å². The molecular formula is C33H37N5O5. The van der Waals surface area contributed by atoms with Crippen LogP contribution in [0.4, 0.5) is 0 Å². The zero-order valence-corrected chi connectivity index (χ0v) is 24.6. The molecule has 4 bridgehead atoms. The number of carbonyl (C=O) groups excluding carboxylic acids is 3. The molecule has 4 heterocycles. The second-order valence-corrected chi connectivity index (χ2v) is 11.6. The minimum atomic E-state index is -0.255. The quantitative estimate of drug-likeness (QED) is 0.494. The van der Waals surface area contributed by atoms with E-state index in [1.807, 2.05) is 42.2 Å². The first kappa shape index (κ1) is 28.8. The van der Waals surface area contributed by atoms with Gasteiger partial charge in [-0.2, -0.15) is 0 Å². The van der Waals surface area contributed by atoms with Crippen LogP contribution < -0.4 is 10.1 Å². The molecule has 1 aromatic heterocycles. The first-order valence-electron chi connectivity index (χ1n) is 14.8. The highest BCUT2D eigenvalue weighted by atomic mass is 16.5. The van der Waals surface area contributed by atoms with Crippen LogP contribution in [0.15, 0.2) is 67.0 Å². The van der Waals surface area contributed by atoms with Gasteiger partial charge in [0, 0.05) is 62.8 Å². The number of aromatic nitrogens is 1. The number of fused-ring (bicyclic) bond motifs is 5. The number of ether oxygens (including phenoxy) is 2. The number of aryl methyl sites for hydroxylation is 1. The highest BCUT2D eigenvalue weighted by Gasteiger charge is 2.39. The van der Waals surface area contributed by atoms with Crippen LogP contribution in [0.3, 0.4) is 0 Å². The lowest BCUT2D eigenvalue weighted by Crippen LogP contribution is -2.49. The molecular weight excluding hydrogens is 546 g/mol. The Balaban J connectivity index is 1.17. The van der Waals surface area contributed by atoms with Crippen molar-refractivity contribution in [1.82, 2.24) is 25.0 Å². The van der Waals surface area contributed by atoms with Gasteiger partial charge in [-0.25, -0.2) is 0 Å². The van der Waals surface area contributed by atoms with Gasteiger partial charge in [-0.15, -0.1) is 0 Å². The lowest BCUT2D eigenvalue weighted by Gasteiger charge is -2.36. The summed E-state index contributed by atoms with van der Waals surface area (Å²) in [6.07, 6.45) is 4.75. The number of pyridine rings is 1. The minimum Gasteiger partial charge on any atom is -0.457 e. The first-order valence-corrected chi connectivity index (χ1v) is 14.8. The van der Waals surface area contributed by atoms with Crippen molar-refractivity contribution in [2.45, 2.75) is 44.6 Å². The lowest BCUT2D eigenvalue weighted by atomic mass is 10.0. The van der Waals surface area contributed by atoms with Crippen LogP contribution >= 0.6 is 0 Å². The molecule has 1 N–H and O–H groups in total. The summed E-state index contributed by atoms with van der Waals surface area (Å²) in [7, 11) is 1.63. The maximum atomic E-state index is 13.2. The van der Waals surface area contributed by atoms with Gasteiger partial charge in [-0.05, 0) is 67.3 Å². The molecule has 0 radical (unpaired) electrons. The Kier molecular flexibility index (Phi) is 8.40. The third-order valence-corrected chi connectivity index (χ3v) is 8.59. The van der Waals surface area contributed by atoms with Gasteiger partial charge in [0.05, 0.1) is 25.3 Å². The van der Waals surface area contributed by atoms with Crippen molar-refractivity contribution >= 4 is 17.7 Å². The smallest absolute Gasteiger partial charge is 0.254 e. The van der Waals surface area contributed by atoms with E-state index in [4.69, 9.17) is 9.47 Å². The molecule has 3 aliphatic heterocycles.